The van der Waals surface area contributed by atoms with Crippen molar-refractivity contribution in [3.05, 3.63) is 12.2 Å². The zero-order valence-electron chi connectivity index (χ0n) is 15.7. The number of carboxylic acids is 2. The third-order valence-corrected chi connectivity index (χ3v) is 4.18. The molecule has 4 aliphatic heterocycles. The molecule has 164 valence electrons. The first-order valence-corrected chi connectivity index (χ1v) is 9.03. The van der Waals surface area contributed by atoms with Gasteiger partial charge in [0.15, 0.2) is 0 Å². The third-order valence-electron chi connectivity index (χ3n) is 4.18. The molecular formula is C18H20O12. The molecular weight excluding hydrogens is 408 g/mol. The Bertz CT molecular complexity index is 716. The van der Waals surface area contributed by atoms with Gasteiger partial charge in [0.1, 0.15) is 24.4 Å². The molecule has 0 aromatic carbocycles. The molecule has 0 aliphatic carbocycles. The number of cyclic esters (lactones) is 2. The van der Waals surface area contributed by atoms with Crippen molar-refractivity contribution in [1.82, 2.24) is 0 Å². The maximum Gasteiger partial charge on any atom is 0.331 e. The maximum absolute atomic E-state index is 10.5. The Balaban J connectivity index is 0.000000160. The molecule has 4 aliphatic rings. The molecule has 4 heterocycles. The van der Waals surface area contributed by atoms with Gasteiger partial charge < -0.3 is 29.2 Å². The minimum Gasteiger partial charge on any atom is -0.481 e. The van der Waals surface area contributed by atoms with E-state index in [4.69, 9.17) is 19.7 Å². The molecule has 4 unspecified atom stereocenters. The average molecular weight is 428 g/mol. The van der Waals surface area contributed by atoms with Gasteiger partial charge in [-0.25, -0.2) is 4.79 Å². The molecule has 3 fully saturated rings. The van der Waals surface area contributed by atoms with Crippen LogP contribution in [0.4, 0.5) is 0 Å². The molecule has 0 radical (unpaired) electrons. The molecule has 0 spiro atoms. The topological polar surface area (TPSA) is 180 Å². The fourth-order valence-corrected chi connectivity index (χ4v) is 2.88. The molecule has 0 aromatic heterocycles. The van der Waals surface area contributed by atoms with Crippen molar-refractivity contribution in [2.45, 2.75) is 62.9 Å². The van der Waals surface area contributed by atoms with Crippen LogP contribution in [0.3, 0.4) is 0 Å². The summed E-state index contributed by atoms with van der Waals surface area (Å²) in [5.74, 6) is -3.16. The summed E-state index contributed by atoms with van der Waals surface area (Å²) < 4.78 is 18.7. The highest BCUT2D eigenvalue weighted by Crippen LogP contribution is 2.27. The fraction of sp³-hybridized carbons (Fsp3) is 0.556. The van der Waals surface area contributed by atoms with Gasteiger partial charge in [-0.2, -0.15) is 0 Å². The summed E-state index contributed by atoms with van der Waals surface area (Å²) in [6.07, 6.45) is 2.29. The van der Waals surface area contributed by atoms with Crippen molar-refractivity contribution in [2.75, 3.05) is 0 Å². The van der Waals surface area contributed by atoms with E-state index < -0.39 is 24.0 Å². The van der Waals surface area contributed by atoms with Gasteiger partial charge in [0.25, 0.3) is 0 Å². The number of rotatable bonds is 4. The summed E-state index contributed by atoms with van der Waals surface area (Å²) in [7, 11) is 0. The van der Waals surface area contributed by atoms with E-state index in [1.807, 2.05) is 0 Å². The van der Waals surface area contributed by atoms with Gasteiger partial charge in [-0.15, -0.1) is 0 Å². The number of esters is 4. The molecule has 4 atom stereocenters. The Hall–Kier alpha value is -3.44. The van der Waals surface area contributed by atoms with E-state index in [2.05, 4.69) is 9.47 Å². The van der Waals surface area contributed by atoms with E-state index in [1.165, 1.54) is 12.2 Å². The number of hydrogen-bond donors (Lipinski definition) is 2. The lowest BCUT2D eigenvalue weighted by molar-refractivity contribution is -0.147. The number of carboxylic acid groups (broad SMARTS) is 2. The van der Waals surface area contributed by atoms with Crippen LogP contribution in [0.1, 0.15) is 38.5 Å². The first kappa shape index (κ1) is 22.8. The summed E-state index contributed by atoms with van der Waals surface area (Å²) in [6, 6.07) is 0. The zero-order chi connectivity index (χ0) is 22.3. The summed E-state index contributed by atoms with van der Waals surface area (Å²) >= 11 is 0. The van der Waals surface area contributed by atoms with Crippen LogP contribution in [0, 0.1) is 0 Å². The molecule has 0 aromatic rings. The Kier molecular flexibility index (Phi) is 7.90. The average Bonchev–Trinajstić information content (AvgIpc) is 3.35. The van der Waals surface area contributed by atoms with Gasteiger partial charge in [0.2, 0.25) is 0 Å². The fourth-order valence-electron chi connectivity index (χ4n) is 2.88. The largest absolute Gasteiger partial charge is 0.481 e. The van der Waals surface area contributed by atoms with E-state index in [0.717, 1.165) is 0 Å². The van der Waals surface area contributed by atoms with Gasteiger partial charge in [0.05, 0.1) is 25.7 Å². The molecule has 2 N–H and O–H groups in total. The second-order valence-electron chi connectivity index (χ2n) is 6.65. The molecule has 4 rings (SSSR count). The standard InChI is InChI=1S/C6H6O4.C6H8O4.C6H6O4/c7-5-1-3-4(10-5)2-6(8)9-3;2*7-5(8)3-4-1-2-6(9)10-4/h3-4H,1-2H2;4H,1-3H2,(H,7,8);1-2,4H,3H2,(H,7,8). The van der Waals surface area contributed by atoms with Crippen LogP contribution in [0.5, 0.6) is 0 Å². The second kappa shape index (κ2) is 10.4. The van der Waals surface area contributed by atoms with Crippen LogP contribution in [-0.4, -0.2) is 70.4 Å². The smallest absolute Gasteiger partial charge is 0.331 e. The van der Waals surface area contributed by atoms with Gasteiger partial charge in [-0.05, 0) is 12.5 Å². The van der Waals surface area contributed by atoms with Crippen molar-refractivity contribution in [1.29, 1.82) is 0 Å². The van der Waals surface area contributed by atoms with Crippen molar-refractivity contribution < 1.29 is 57.9 Å². The van der Waals surface area contributed by atoms with E-state index in [9.17, 15) is 28.8 Å². The molecule has 12 nitrogen and oxygen atoms in total. The SMILES string of the molecule is O=C(O)CC1C=CC(=O)O1.O=C(O)CC1CCC(=O)O1.O=C1CC2OC(=O)CC2O1. The Morgan fingerprint density at radius 3 is 1.80 bits per heavy atom. The third kappa shape index (κ3) is 7.53. The number of carbonyl (C=O) groups is 6. The lowest BCUT2D eigenvalue weighted by atomic mass is 10.2. The summed E-state index contributed by atoms with van der Waals surface area (Å²) in [5.41, 5.74) is 0. The van der Waals surface area contributed by atoms with Crippen molar-refractivity contribution in [3.63, 3.8) is 0 Å². The lowest BCUT2D eigenvalue weighted by Gasteiger charge is -2.03. The van der Waals surface area contributed by atoms with E-state index >= 15 is 0 Å². The molecule has 0 saturated carbocycles. The maximum atomic E-state index is 10.5. The number of ether oxygens (including phenoxy) is 4. The van der Waals surface area contributed by atoms with Crippen molar-refractivity contribution in [3.8, 4) is 0 Å². The monoisotopic (exact) mass is 428 g/mol. The van der Waals surface area contributed by atoms with E-state index in [-0.39, 0.29) is 61.9 Å². The molecule has 12 heteroatoms. The Labute approximate surface area is 169 Å². The number of aliphatic carboxylic acids is 2. The number of hydrogen-bond acceptors (Lipinski definition) is 10. The molecule has 30 heavy (non-hydrogen) atoms. The highest BCUT2D eigenvalue weighted by molar-refractivity contribution is 5.85. The summed E-state index contributed by atoms with van der Waals surface area (Å²) in [6.45, 7) is 0. The normalized spacial score (nSPS) is 28.1. The van der Waals surface area contributed by atoms with Crippen molar-refractivity contribution >= 4 is 35.8 Å². The predicted octanol–water partition coefficient (Wildman–Crippen LogP) is -0.273. The zero-order valence-corrected chi connectivity index (χ0v) is 15.7. The van der Waals surface area contributed by atoms with Gasteiger partial charge in [-0.3, -0.25) is 24.0 Å². The Morgan fingerprint density at radius 2 is 1.40 bits per heavy atom. The van der Waals surface area contributed by atoms with Gasteiger partial charge in [0, 0.05) is 12.5 Å². The van der Waals surface area contributed by atoms with Crippen LogP contribution in [0.25, 0.3) is 0 Å². The quantitative estimate of drug-likeness (QED) is 0.442. The van der Waals surface area contributed by atoms with Crippen LogP contribution >= 0.6 is 0 Å². The lowest BCUT2D eigenvalue weighted by Crippen LogP contribution is -2.13. The number of fused-ring (bicyclic) bond motifs is 1. The molecule has 3 saturated heterocycles. The summed E-state index contributed by atoms with van der Waals surface area (Å²) in [5, 5.41) is 16.5. The van der Waals surface area contributed by atoms with E-state index in [1.54, 1.807) is 0 Å². The van der Waals surface area contributed by atoms with Crippen LogP contribution in [0.2, 0.25) is 0 Å². The summed E-state index contributed by atoms with van der Waals surface area (Å²) in [4.78, 5) is 62.0. The van der Waals surface area contributed by atoms with Crippen LogP contribution < -0.4 is 0 Å². The second-order valence-corrected chi connectivity index (χ2v) is 6.65. The van der Waals surface area contributed by atoms with Crippen LogP contribution in [0.15, 0.2) is 12.2 Å². The molecule has 0 amide bonds. The van der Waals surface area contributed by atoms with Crippen LogP contribution in [-0.2, 0) is 47.7 Å². The van der Waals surface area contributed by atoms with Crippen molar-refractivity contribution in [2.24, 2.45) is 0 Å². The first-order valence-electron chi connectivity index (χ1n) is 9.03. The molecule has 0 bridgehead atoms. The van der Waals surface area contributed by atoms with Gasteiger partial charge >= 0.3 is 35.8 Å². The minimum absolute atomic E-state index is 0.0638. The highest BCUT2D eigenvalue weighted by atomic mass is 16.6. The number of carbonyl (C=O) groups excluding carboxylic acids is 4. The van der Waals surface area contributed by atoms with Gasteiger partial charge in [-0.1, -0.05) is 0 Å². The Morgan fingerprint density at radius 1 is 0.833 bits per heavy atom. The predicted molar refractivity (Wildman–Crippen MR) is 91.6 cm³/mol. The first-order chi connectivity index (χ1) is 14.1. The highest BCUT2D eigenvalue weighted by Gasteiger charge is 2.44. The van der Waals surface area contributed by atoms with E-state index in [0.29, 0.717) is 12.8 Å². The minimum atomic E-state index is -0.968.